The van der Waals surface area contributed by atoms with Crippen molar-refractivity contribution in [3.8, 4) is 0 Å². The molecule has 0 radical (unpaired) electrons. The van der Waals surface area contributed by atoms with Crippen molar-refractivity contribution in [2.75, 3.05) is 33.0 Å². The van der Waals surface area contributed by atoms with Crippen LogP contribution in [0.1, 0.15) is 245 Å². The van der Waals surface area contributed by atoms with Crippen molar-refractivity contribution in [3.05, 3.63) is 12.2 Å². The van der Waals surface area contributed by atoms with E-state index in [-0.39, 0.29) is 32.3 Å². The van der Waals surface area contributed by atoms with Crippen LogP contribution in [0.25, 0.3) is 0 Å². The van der Waals surface area contributed by atoms with Gasteiger partial charge in [0.15, 0.2) is 0 Å². The number of nitrogens with two attached hydrogens (primary N) is 1. The molecule has 0 heterocycles. The molecule has 0 spiro atoms. The topological polar surface area (TPSA) is 117 Å². The smallest absolute Gasteiger partial charge is 0.457 e. The Bertz CT molecular complexity index is 873. The van der Waals surface area contributed by atoms with Gasteiger partial charge in [0.2, 0.25) is 0 Å². The molecule has 334 valence electrons. The molecule has 0 amide bonds. The van der Waals surface area contributed by atoms with Crippen molar-refractivity contribution in [2.24, 2.45) is 5.73 Å². The molecule has 2 atom stereocenters. The Balaban J connectivity index is 3.92. The maximum atomic E-state index is 12.6. The zero-order valence-corrected chi connectivity index (χ0v) is 38.0. The third-order valence-corrected chi connectivity index (χ3v) is 11.7. The zero-order valence-electron chi connectivity index (χ0n) is 37.1. The summed E-state index contributed by atoms with van der Waals surface area (Å²) in [7, 11) is -4.28. The van der Waals surface area contributed by atoms with Crippen molar-refractivity contribution >= 4 is 13.8 Å². The summed E-state index contributed by atoms with van der Waals surface area (Å²) in [5.41, 5.74) is 5.38. The number of carbonyl (C=O) groups is 1. The van der Waals surface area contributed by atoms with Gasteiger partial charge in [-0.15, -0.1) is 0 Å². The Morgan fingerprint density at radius 1 is 0.518 bits per heavy atom. The molecule has 0 aromatic carbocycles. The normalized spacial score (nSPS) is 13.4. The molecule has 2 unspecified atom stereocenters. The number of esters is 1. The second-order valence-corrected chi connectivity index (χ2v) is 17.8. The standard InChI is InChI=1S/C47H94NO7P/c1-3-5-7-9-11-13-15-17-19-21-22-23-24-25-27-29-31-33-35-37-39-42-52-44-46(45-54-56(50,51)53-43-41-48)55-47(49)40-38-36-34-32-30-28-26-20-18-16-14-12-10-8-6-4-2/h20,26,46H,3-19,21-25,27-45,48H2,1-2H3,(H,50,51)/b26-20-. The molecule has 9 heteroatoms. The first kappa shape index (κ1) is 55.2. The molecule has 3 N–H and O–H groups in total. The Morgan fingerprint density at radius 2 is 0.893 bits per heavy atom. The zero-order chi connectivity index (χ0) is 40.9. The van der Waals surface area contributed by atoms with Crippen LogP contribution in [0.3, 0.4) is 0 Å². The molecule has 0 rings (SSSR count). The van der Waals surface area contributed by atoms with Gasteiger partial charge in [-0.25, -0.2) is 4.57 Å². The maximum absolute atomic E-state index is 12.6. The molecule has 0 bridgehead atoms. The average molecular weight is 816 g/mol. The van der Waals surface area contributed by atoms with Gasteiger partial charge in [0, 0.05) is 19.6 Å². The lowest BCUT2D eigenvalue weighted by Gasteiger charge is -2.20. The first-order valence-corrected chi connectivity index (χ1v) is 25.7. The maximum Gasteiger partial charge on any atom is 0.472 e. The average Bonchev–Trinajstić information content (AvgIpc) is 3.19. The third kappa shape index (κ3) is 44.3. The van der Waals surface area contributed by atoms with Gasteiger partial charge in [0.05, 0.1) is 19.8 Å². The highest BCUT2D eigenvalue weighted by Gasteiger charge is 2.25. The van der Waals surface area contributed by atoms with Gasteiger partial charge in [-0.1, -0.05) is 212 Å². The van der Waals surface area contributed by atoms with Gasteiger partial charge in [-0.2, -0.15) is 0 Å². The lowest BCUT2D eigenvalue weighted by molar-refractivity contribution is -0.154. The number of rotatable bonds is 47. The van der Waals surface area contributed by atoms with Gasteiger partial charge in [-0.3, -0.25) is 13.8 Å². The van der Waals surface area contributed by atoms with E-state index in [0.717, 1.165) is 44.9 Å². The van der Waals surface area contributed by atoms with Crippen LogP contribution in [-0.4, -0.2) is 49.9 Å². The summed E-state index contributed by atoms with van der Waals surface area (Å²) < 4.78 is 33.5. The largest absolute Gasteiger partial charge is 0.472 e. The first-order valence-electron chi connectivity index (χ1n) is 24.2. The van der Waals surface area contributed by atoms with E-state index in [2.05, 4.69) is 26.0 Å². The van der Waals surface area contributed by atoms with Gasteiger partial charge >= 0.3 is 13.8 Å². The highest BCUT2D eigenvalue weighted by Crippen LogP contribution is 2.43. The van der Waals surface area contributed by atoms with Crippen molar-refractivity contribution in [1.29, 1.82) is 0 Å². The van der Waals surface area contributed by atoms with Gasteiger partial charge < -0.3 is 20.1 Å². The lowest BCUT2D eigenvalue weighted by Crippen LogP contribution is -2.28. The van der Waals surface area contributed by atoms with Gasteiger partial charge in [0.1, 0.15) is 6.10 Å². The third-order valence-electron chi connectivity index (χ3n) is 10.7. The first-order chi connectivity index (χ1) is 27.4. The van der Waals surface area contributed by atoms with E-state index in [1.54, 1.807) is 0 Å². The van der Waals surface area contributed by atoms with E-state index >= 15 is 0 Å². The minimum Gasteiger partial charge on any atom is -0.457 e. The minimum absolute atomic E-state index is 0.0935. The summed E-state index contributed by atoms with van der Waals surface area (Å²) in [6, 6.07) is 0. The highest BCUT2D eigenvalue weighted by molar-refractivity contribution is 7.47. The summed E-state index contributed by atoms with van der Waals surface area (Å²) in [6.45, 7) is 4.97. The van der Waals surface area contributed by atoms with Crippen LogP contribution in [0.5, 0.6) is 0 Å². The lowest BCUT2D eigenvalue weighted by atomic mass is 10.0. The number of carbonyl (C=O) groups excluding carboxylic acids is 1. The molecule has 0 aromatic rings. The molecule has 8 nitrogen and oxygen atoms in total. The van der Waals surface area contributed by atoms with E-state index in [9.17, 15) is 14.3 Å². The van der Waals surface area contributed by atoms with E-state index < -0.39 is 13.9 Å². The number of phosphoric ester groups is 1. The number of allylic oxidation sites excluding steroid dienone is 2. The van der Waals surface area contributed by atoms with Crippen LogP contribution < -0.4 is 5.73 Å². The van der Waals surface area contributed by atoms with Crippen LogP contribution in [-0.2, 0) is 27.9 Å². The predicted octanol–water partition coefficient (Wildman–Crippen LogP) is 14.6. The molecule has 0 saturated carbocycles. The molecule has 0 aliphatic carbocycles. The second-order valence-electron chi connectivity index (χ2n) is 16.3. The van der Waals surface area contributed by atoms with E-state index in [1.807, 2.05) is 0 Å². The van der Waals surface area contributed by atoms with Crippen molar-refractivity contribution < 1.29 is 32.8 Å². The summed E-state index contributed by atoms with van der Waals surface area (Å²) in [4.78, 5) is 22.5. The van der Waals surface area contributed by atoms with Crippen molar-refractivity contribution in [3.63, 3.8) is 0 Å². The summed E-state index contributed by atoms with van der Waals surface area (Å²) in [5.74, 6) is -0.333. The monoisotopic (exact) mass is 816 g/mol. The molecular weight excluding hydrogens is 721 g/mol. The van der Waals surface area contributed by atoms with Crippen molar-refractivity contribution in [2.45, 2.75) is 251 Å². The summed E-state index contributed by atoms with van der Waals surface area (Å²) in [6.07, 6.45) is 49.5. The molecular formula is C47H94NO7P. The van der Waals surface area contributed by atoms with Crippen LogP contribution in [0.2, 0.25) is 0 Å². The number of unbranched alkanes of at least 4 members (excludes halogenated alkanes) is 32. The molecule has 0 aliphatic rings. The Hall–Kier alpha value is -0.760. The van der Waals surface area contributed by atoms with Crippen LogP contribution in [0, 0.1) is 0 Å². The fourth-order valence-electron chi connectivity index (χ4n) is 7.11. The van der Waals surface area contributed by atoms with Gasteiger partial charge in [0.25, 0.3) is 0 Å². The summed E-state index contributed by atoms with van der Waals surface area (Å²) >= 11 is 0. The molecule has 0 fully saturated rings. The Kier molecular flexibility index (Phi) is 44.7. The molecule has 0 aromatic heterocycles. The predicted molar refractivity (Wildman–Crippen MR) is 238 cm³/mol. The fourth-order valence-corrected chi connectivity index (χ4v) is 7.88. The van der Waals surface area contributed by atoms with Crippen molar-refractivity contribution in [1.82, 2.24) is 0 Å². The number of phosphoric acid groups is 1. The summed E-state index contributed by atoms with van der Waals surface area (Å²) in [5, 5.41) is 0. The molecule has 0 saturated heterocycles. The fraction of sp³-hybridized carbons (Fsp3) is 0.936. The van der Waals surface area contributed by atoms with E-state index in [1.165, 1.54) is 180 Å². The number of hydrogen-bond donors (Lipinski definition) is 2. The van der Waals surface area contributed by atoms with Crippen LogP contribution >= 0.6 is 7.82 Å². The Morgan fingerprint density at radius 3 is 1.30 bits per heavy atom. The Labute approximate surface area is 347 Å². The second kappa shape index (κ2) is 45.3. The number of hydrogen-bond acceptors (Lipinski definition) is 7. The van der Waals surface area contributed by atoms with Crippen LogP contribution in [0.15, 0.2) is 12.2 Å². The van der Waals surface area contributed by atoms with Crippen LogP contribution in [0.4, 0.5) is 0 Å². The molecule has 56 heavy (non-hydrogen) atoms. The molecule has 0 aliphatic heterocycles. The van der Waals surface area contributed by atoms with Gasteiger partial charge in [-0.05, 0) is 38.5 Å². The number of ether oxygens (including phenoxy) is 2. The highest BCUT2D eigenvalue weighted by atomic mass is 31.2. The SMILES string of the molecule is CCCCCCCCC/C=C\CCCCCCCC(=O)OC(COCCCCCCCCCCCCCCCCCCCCCCC)COP(=O)(O)OCCN. The minimum atomic E-state index is -4.28. The van der Waals surface area contributed by atoms with E-state index in [0.29, 0.717) is 13.0 Å². The quantitative estimate of drug-likeness (QED) is 0.0270. The van der Waals surface area contributed by atoms with E-state index in [4.69, 9.17) is 24.3 Å².